The van der Waals surface area contributed by atoms with Crippen molar-refractivity contribution >= 4 is 5.82 Å². The molecule has 0 spiro atoms. The molecular formula is C15H22N6. The van der Waals surface area contributed by atoms with Crippen LogP contribution in [0.25, 0.3) is 0 Å². The van der Waals surface area contributed by atoms with E-state index in [1.807, 2.05) is 31.7 Å². The van der Waals surface area contributed by atoms with Crippen molar-refractivity contribution in [2.45, 2.75) is 32.2 Å². The van der Waals surface area contributed by atoms with Gasteiger partial charge in [0.25, 0.3) is 0 Å². The number of hydrogen-bond acceptors (Lipinski definition) is 5. The maximum Gasteiger partial charge on any atom is 0.144 e. The van der Waals surface area contributed by atoms with Crippen molar-refractivity contribution in [3.63, 3.8) is 0 Å². The van der Waals surface area contributed by atoms with Crippen molar-refractivity contribution in [1.29, 1.82) is 0 Å². The molecule has 21 heavy (non-hydrogen) atoms. The van der Waals surface area contributed by atoms with Crippen LogP contribution in [0.4, 0.5) is 5.82 Å². The van der Waals surface area contributed by atoms with Gasteiger partial charge in [0.15, 0.2) is 0 Å². The van der Waals surface area contributed by atoms with E-state index >= 15 is 0 Å². The maximum atomic E-state index is 4.56. The lowest BCUT2D eigenvalue weighted by molar-refractivity contribution is 0.452. The van der Waals surface area contributed by atoms with E-state index in [1.54, 1.807) is 0 Å². The standard InChI is InChI=1S/C15H22N6/c1-12-17-6-8-21(12)9-7-18-15-11-19-14(10-20-15)13-2-4-16-5-3-13/h6,8,10-11,13,16H,2-5,7,9H2,1H3,(H,18,20). The van der Waals surface area contributed by atoms with Gasteiger partial charge in [-0.1, -0.05) is 0 Å². The molecule has 112 valence electrons. The van der Waals surface area contributed by atoms with Crippen LogP contribution in [0.2, 0.25) is 0 Å². The van der Waals surface area contributed by atoms with Crippen LogP contribution in [-0.2, 0) is 6.54 Å². The van der Waals surface area contributed by atoms with Gasteiger partial charge in [-0.15, -0.1) is 0 Å². The van der Waals surface area contributed by atoms with Gasteiger partial charge >= 0.3 is 0 Å². The monoisotopic (exact) mass is 286 g/mol. The van der Waals surface area contributed by atoms with Crippen LogP contribution in [0.5, 0.6) is 0 Å². The third-order valence-electron chi connectivity index (χ3n) is 4.01. The molecule has 6 nitrogen and oxygen atoms in total. The Bertz CT molecular complexity index is 556. The summed E-state index contributed by atoms with van der Waals surface area (Å²) in [6, 6.07) is 0. The summed E-state index contributed by atoms with van der Waals surface area (Å²) in [7, 11) is 0. The number of anilines is 1. The van der Waals surface area contributed by atoms with E-state index in [4.69, 9.17) is 0 Å². The van der Waals surface area contributed by atoms with Crippen LogP contribution in [0.1, 0.15) is 30.3 Å². The Hall–Kier alpha value is -1.95. The molecule has 0 aliphatic carbocycles. The van der Waals surface area contributed by atoms with Crippen molar-refractivity contribution in [2.24, 2.45) is 0 Å². The molecule has 1 aliphatic heterocycles. The quantitative estimate of drug-likeness (QED) is 0.873. The number of rotatable bonds is 5. The Morgan fingerprint density at radius 1 is 1.24 bits per heavy atom. The van der Waals surface area contributed by atoms with E-state index in [0.29, 0.717) is 5.92 Å². The average molecular weight is 286 g/mol. The van der Waals surface area contributed by atoms with Crippen molar-refractivity contribution in [3.05, 3.63) is 36.3 Å². The number of nitrogens with one attached hydrogen (secondary N) is 2. The number of imidazole rings is 1. The first kappa shape index (κ1) is 14.0. The SMILES string of the molecule is Cc1nccn1CCNc1cnc(C2CCNCC2)cn1. The molecule has 2 aromatic heterocycles. The minimum Gasteiger partial charge on any atom is -0.367 e. The summed E-state index contributed by atoms with van der Waals surface area (Å²) in [6.45, 7) is 5.86. The third kappa shape index (κ3) is 3.58. The highest BCUT2D eigenvalue weighted by Crippen LogP contribution is 2.22. The van der Waals surface area contributed by atoms with Crippen molar-refractivity contribution in [3.8, 4) is 0 Å². The van der Waals surface area contributed by atoms with Crippen LogP contribution >= 0.6 is 0 Å². The molecule has 0 saturated carbocycles. The van der Waals surface area contributed by atoms with Crippen LogP contribution in [0.15, 0.2) is 24.8 Å². The number of nitrogens with zero attached hydrogens (tertiary/aromatic N) is 4. The molecule has 6 heteroatoms. The molecule has 0 aromatic carbocycles. The highest BCUT2D eigenvalue weighted by atomic mass is 15.1. The van der Waals surface area contributed by atoms with Crippen molar-refractivity contribution < 1.29 is 0 Å². The molecule has 0 amide bonds. The van der Waals surface area contributed by atoms with Crippen molar-refractivity contribution in [1.82, 2.24) is 24.8 Å². The number of aromatic nitrogens is 4. The molecule has 1 aliphatic rings. The van der Waals surface area contributed by atoms with Crippen LogP contribution in [0.3, 0.4) is 0 Å². The van der Waals surface area contributed by atoms with E-state index in [1.165, 1.54) is 0 Å². The minimum absolute atomic E-state index is 0.557. The second kappa shape index (κ2) is 6.67. The Kier molecular flexibility index (Phi) is 4.45. The van der Waals surface area contributed by atoms with Gasteiger partial charge in [0.1, 0.15) is 11.6 Å². The third-order valence-corrected chi connectivity index (χ3v) is 4.01. The zero-order chi connectivity index (χ0) is 14.5. The second-order valence-corrected chi connectivity index (χ2v) is 5.45. The van der Waals surface area contributed by atoms with Crippen LogP contribution in [-0.4, -0.2) is 39.2 Å². The molecule has 0 atom stereocenters. The van der Waals surface area contributed by atoms with E-state index < -0.39 is 0 Å². The van der Waals surface area contributed by atoms with Gasteiger partial charge in [-0.05, 0) is 32.9 Å². The van der Waals surface area contributed by atoms with Gasteiger partial charge < -0.3 is 15.2 Å². The first-order valence-corrected chi connectivity index (χ1v) is 7.57. The molecule has 3 rings (SSSR count). The summed E-state index contributed by atoms with van der Waals surface area (Å²) in [5.74, 6) is 2.43. The van der Waals surface area contributed by atoms with Gasteiger partial charge in [0.05, 0.1) is 18.1 Å². The Balaban J connectivity index is 1.51. The minimum atomic E-state index is 0.557. The number of aryl methyl sites for hydroxylation is 1. The Morgan fingerprint density at radius 2 is 2.10 bits per heavy atom. The number of hydrogen-bond donors (Lipinski definition) is 2. The summed E-state index contributed by atoms with van der Waals surface area (Å²) in [6.07, 6.45) is 9.88. The Morgan fingerprint density at radius 3 is 2.76 bits per heavy atom. The lowest BCUT2D eigenvalue weighted by Gasteiger charge is -2.21. The van der Waals surface area contributed by atoms with Crippen LogP contribution in [0, 0.1) is 6.92 Å². The lowest BCUT2D eigenvalue weighted by Crippen LogP contribution is -2.27. The second-order valence-electron chi connectivity index (χ2n) is 5.45. The molecule has 0 radical (unpaired) electrons. The molecule has 2 N–H and O–H groups in total. The van der Waals surface area contributed by atoms with Gasteiger partial charge in [0, 0.05) is 31.4 Å². The highest BCUT2D eigenvalue weighted by molar-refractivity contribution is 5.31. The molecule has 1 saturated heterocycles. The fraction of sp³-hybridized carbons (Fsp3) is 0.533. The molecule has 0 bridgehead atoms. The van der Waals surface area contributed by atoms with E-state index in [2.05, 4.69) is 30.2 Å². The van der Waals surface area contributed by atoms with Gasteiger partial charge in [-0.3, -0.25) is 4.98 Å². The van der Waals surface area contributed by atoms with Gasteiger partial charge in [-0.2, -0.15) is 0 Å². The Labute approximate surface area is 125 Å². The van der Waals surface area contributed by atoms with Crippen molar-refractivity contribution in [2.75, 3.05) is 25.0 Å². The summed E-state index contributed by atoms with van der Waals surface area (Å²) >= 11 is 0. The maximum absolute atomic E-state index is 4.56. The topological polar surface area (TPSA) is 67.7 Å². The van der Waals surface area contributed by atoms with E-state index in [0.717, 1.165) is 56.4 Å². The highest BCUT2D eigenvalue weighted by Gasteiger charge is 2.16. The van der Waals surface area contributed by atoms with E-state index in [9.17, 15) is 0 Å². The largest absolute Gasteiger partial charge is 0.367 e. The fourth-order valence-electron chi connectivity index (χ4n) is 2.70. The average Bonchev–Trinajstić information content (AvgIpc) is 2.94. The molecular weight excluding hydrogens is 264 g/mol. The zero-order valence-electron chi connectivity index (χ0n) is 12.4. The summed E-state index contributed by atoms with van der Waals surface area (Å²) in [5.41, 5.74) is 1.12. The van der Waals surface area contributed by atoms with Gasteiger partial charge in [0.2, 0.25) is 0 Å². The first-order valence-electron chi connectivity index (χ1n) is 7.57. The zero-order valence-corrected chi connectivity index (χ0v) is 12.4. The molecule has 1 fully saturated rings. The molecule has 3 heterocycles. The predicted octanol–water partition coefficient (Wildman–Crippen LogP) is 1.56. The van der Waals surface area contributed by atoms with E-state index in [-0.39, 0.29) is 0 Å². The summed E-state index contributed by atoms with van der Waals surface area (Å²) in [5, 5.41) is 6.68. The van der Waals surface area contributed by atoms with Gasteiger partial charge in [-0.25, -0.2) is 9.97 Å². The molecule has 2 aromatic rings. The normalized spacial score (nSPS) is 16.0. The smallest absolute Gasteiger partial charge is 0.144 e. The molecule has 0 unspecified atom stereocenters. The summed E-state index contributed by atoms with van der Waals surface area (Å²) in [4.78, 5) is 13.2. The lowest BCUT2D eigenvalue weighted by atomic mass is 9.95. The first-order chi connectivity index (χ1) is 10.3. The fourth-order valence-corrected chi connectivity index (χ4v) is 2.70. The predicted molar refractivity (Wildman–Crippen MR) is 82.3 cm³/mol. The summed E-state index contributed by atoms with van der Waals surface area (Å²) < 4.78 is 2.11. The van der Waals surface area contributed by atoms with Crippen LogP contribution < -0.4 is 10.6 Å². The number of piperidine rings is 1.